The number of nitrogens with zero attached hydrogens (tertiary/aromatic N) is 1. The van der Waals surface area contributed by atoms with Gasteiger partial charge in [0.05, 0.1) is 19.1 Å². The Labute approximate surface area is 83.5 Å². The van der Waals surface area contributed by atoms with E-state index >= 15 is 0 Å². The van der Waals surface area contributed by atoms with Gasteiger partial charge in [-0.05, 0) is 6.07 Å². The summed E-state index contributed by atoms with van der Waals surface area (Å²) in [5.74, 6) is 0.0447. The lowest BCUT2D eigenvalue weighted by Gasteiger charge is -2.19. The molecule has 0 bridgehead atoms. The van der Waals surface area contributed by atoms with E-state index in [9.17, 15) is 4.79 Å². The third-order valence-electron chi connectivity index (χ3n) is 1.96. The van der Waals surface area contributed by atoms with Crippen LogP contribution in [0.3, 0.4) is 0 Å². The van der Waals surface area contributed by atoms with E-state index in [4.69, 9.17) is 9.15 Å². The molecule has 0 spiro atoms. The Morgan fingerprint density at radius 2 is 2.43 bits per heavy atom. The molecule has 1 aromatic rings. The highest BCUT2D eigenvalue weighted by Gasteiger charge is 2.09. The van der Waals surface area contributed by atoms with E-state index in [0.717, 1.165) is 5.56 Å². The maximum Gasteiger partial charge on any atom is 0.219 e. The second kappa shape index (κ2) is 5.44. The van der Waals surface area contributed by atoms with Crippen LogP contribution in [0.2, 0.25) is 0 Å². The lowest BCUT2D eigenvalue weighted by molar-refractivity contribution is -0.130. The smallest absolute Gasteiger partial charge is 0.219 e. The monoisotopic (exact) mass is 197 g/mol. The zero-order valence-electron chi connectivity index (χ0n) is 8.53. The molecule has 1 heterocycles. The summed E-state index contributed by atoms with van der Waals surface area (Å²) in [6, 6.07) is 1.85. The van der Waals surface area contributed by atoms with E-state index < -0.39 is 0 Å². The van der Waals surface area contributed by atoms with Crippen molar-refractivity contribution in [3.8, 4) is 0 Å². The molecule has 1 rings (SSSR count). The largest absolute Gasteiger partial charge is 0.472 e. The first-order valence-electron chi connectivity index (χ1n) is 4.49. The predicted octanol–water partition coefficient (Wildman–Crippen LogP) is 1.27. The molecule has 0 unspecified atom stereocenters. The maximum absolute atomic E-state index is 11.2. The van der Waals surface area contributed by atoms with Crippen molar-refractivity contribution in [3.63, 3.8) is 0 Å². The molecule has 1 aromatic heterocycles. The summed E-state index contributed by atoms with van der Waals surface area (Å²) in [4.78, 5) is 12.9. The van der Waals surface area contributed by atoms with Crippen molar-refractivity contribution < 1.29 is 13.9 Å². The molecule has 0 fully saturated rings. The minimum absolute atomic E-state index is 0.0447. The molecule has 78 valence electrons. The van der Waals surface area contributed by atoms with Crippen LogP contribution in [0.15, 0.2) is 23.0 Å². The highest BCUT2D eigenvalue weighted by atomic mass is 16.5. The third-order valence-corrected chi connectivity index (χ3v) is 1.96. The van der Waals surface area contributed by atoms with Crippen molar-refractivity contribution in [1.82, 2.24) is 4.90 Å². The minimum Gasteiger partial charge on any atom is -0.472 e. The number of methoxy groups -OCH3 is 1. The van der Waals surface area contributed by atoms with Crippen molar-refractivity contribution in [1.29, 1.82) is 0 Å². The molecular formula is C10H15NO3. The average molecular weight is 197 g/mol. The number of hydrogen-bond donors (Lipinski definition) is 0. The SMILES string of the molecule is COCCN(Cc1ccoc1)C(C)=O. The van der Waals surface area contributed by atoms with Gasteiger partial charge in [-0.1, -0.05) is 0 Å². The molecule has 0 saturated carbocycles. The summed E-state index contributed by atoms with van der Waals surface area (Å²) in [7, 11) is 1.62. The van der Waals surface area contributed by atoms with Crippen LogP contribution in [0.5, 0.6) is 0 Å². The fourth-order valence-electron chi connectivity index (χ4n) is 1.15. The van der Waals surface area contributed by atoms with Crippen molar-refractivity contribution in [2.75, 3.05) is 20.3 Å². The van der Waals surface area contributed by atoms with Crippen LogP contribution in [0, 0.1) is 0 Å². The lowest BCUT2D eigenvalue weighted by Crippen LogP contribution is -2.31. The molecule has 0 aliphatic carbocycles. The molecule has 0 atom stereocenters. The predicted molar refractivity (Wildman–Crippen MR) is 51.7 cm³/mol. The second-order valence-electron chi connectivity index (χ2n) is 3.06. The van der Waals surface area contributed by atoms with E-state index in [1.165, 1.54) is 0 Å². The summed E-state index contributed by atoms with van der Waals surface area (Å²) in [6.45, 7) is 3.29. The number of rotatable bonds is 5. The van der Waals surface area contributed by atoms with Gasteiger partial charge < -0.3 is 14.1 Å². The maximum atomic E-state index is 11.2. The van der Waals surface area contributed by atoms with Gasteiger partial charge in [-0.2, -0.15) is 0 Å². The normalized spacial score (nSPS) is 10.1. The zero-order chi connectivity index (χ0) is 10.4. The van der Waals surface area contributed by atoms with Gasteiger partial charge in [0.2, 0.25) is 5.91 Å². The van der Waals surface area contributed by atoms with Crippen LogP contribution < -0.4 is 0 Å². The minimum atomic E-state index is 0.0447. The second-order valence-corrected chi connectivity index (χ2v) is 3.06. The molecule has 4 nitrogen and oxygen atoms in total. The Morgan fingerprint density at radius 3 is 2.93 bits per heavy atom. The Balaban J connectivity index is 2.47. The van der Waals surface area contributed by atoms with Crippen LogP contribution >= 0.6 is 0 Å². The number of carbonyl (C=O) groups is 1. The van der Waals surface area contributed by atoms with Gasteiger partial charge in [0, 0.05) is 32.7 Å². The van der Waals surface area contributed by atoms with E-state index in [2.05, 4.69) is 0 Å². The molecule has 0 aliphatic rings. The third kappa shape index (κ3) is 3.22. The number of furan rings is 1. The number of ether oxygens (including phenoxy) is 1. The van der Waals surface area contributed by atoms with Crippen LogP contribution in [0.1, 0.15) is 12.5 Å². The molecule has 4 heteroatoms. The standard InChI is InChI=1S/C10H15NO3/c1-9(12)11(4-6-13-2)7-10-3-5-14-8-10/h3,5,8H,4,6-7H2,1-2H3. The topological polar surface area (TPSA) is 42.7 Å². The summed E-state index contributed by atoms with van der Waals surface area (Å²) < 4.78 is 9.85. The Kier molecular flexibility index (Phi) is 4.19. The summed E-state index contributed by atoms with van der Waals surface area (Å²) in [5.41, 5.74) is 0.997. The van der Waals surface area contributed by atoms with Gasteiger partial charge in [-0.3, -0.25) is 4.79 Å². The van der Waals surface area contributed by atoms with Crippen molar-refractivity contribution >= 4 is 5.91 Å². The molecule has 14 heavy (non-hydrogen) atoms. The Morgan fingerprint density at radius 1 is 1.64 bits per heavy atom. The quantitative estimate of drug-likeness (QED) is 0.714. The molecule has 0 aromatic carbocycles. The number of amides is 1. The molecular weight excluding hydrogens is 182 g/mol. The van der Waals surface area contributed by atoms with Gasteiger partial charge in [-0.15, -0.1) is 0 Å². The van der Waals surface area contributed by atoms with E-state index in [-0.39, 0.29) is 5.91 Å². The van der Waals surface area contributed by atoms with Crippen LogP contribution in [0.4, 0.5) is 0 Å². The number of carbonyl (C=O) groups excluding carboxylic acids is 1. The molecule has 0 N–H and O–H groups in total. The highest BCUT2D eigenvalue weighted by Crippen LogP contribution is 2.05. The first-order valence-corrected chi connectivity index (χ1v) is 4.49. The van der Waals surface area contributed by atoms with Crippen LogP contribution in [0.25, 0.3) is 0 Å². The lowest BCUT2D eigenvalue weighted by atomic mass is 10.3. The molecule has 0 radical (unpaired) electrons. The fourth-order valence-corrected chi connectivity index (χ4v) is 1.15. The average Bonchev–Trinajstić information content (AvgIpc) is 2.64. The fraction of sp³-hybridized carbons (Fsp3) is 0.500. The van der Waals surface area contributed by atoms with E-state index in [0.29, 0.717) is 19.7 Å². The zero-order valence-corrected chi connectivity index (χ0v) is 8.53. The van der Waals surface area contributed by atoms with E-state index in [1.54, 1.807) is 31.5 Å². The van der Waals surface area contributed by atoms with Crippen LogP contribution in [-0.2, 0) is 16.1 Å². The first-order chi connectivity index (χ1) is 6.74. The highest BCUT2D eigenvalue weighted by molar-refractivity contribution is 5.73. The van der Waals surface area contributed by atoms with Gasteiger partial charge >= 0.3 is 0 Å². The van der Waals surface area contributed by atoms with Crippen LogP contribution in [-0.4, -0.2) is 31.1 Å². The van der Waals surface area contributed by atoms with Gasteiger partial charge in [0.15, 0.2) is 0 Å². The van der Waals surface area contributed by atoms with Gasteiger partial charge in [-0.25, -0.2) is 0 Å². The summed E-state index contributed by atoms with van der Waals surface area (Å²) >= 11 is 0. The van der Waals surface area contributed by atoms with Crippen molar-refractivity contribution in [3.05, 3.63) is 24.2 Å². The van der Waals surface area contributed by atoms with Crippen molar-refractivity contribution in [2.24, 2.45) is 0 Å². The first kappa shape index (κ1) is 10.8. The van der Waals surface area contributed by atoms with Gasteiger partial charge in [0.25, 0.3) is 0 Å². The Bertz CT molecular complexity index is 269. The van der Waals surface area contributed by atoms with E-state index in [1.807, 2.05) is 6.07 Å². The summed E-state index contributed by atoms with van der Waals surface area (Å²) in [5, 5.41) is 0. The Hall–Kier alpha value is -1.29. The van der Waals surface area contributed by atoms with Crippen molar-refractivity contribution in [2.45, 2.75) is 13.5 Å². The summed E-state index contributed by atoms with van der Waals surface area (Å²) in [6.07, 6.45) is 3.24. The number of hydrogen-bond acceptors (Lipinski definition) is 3. The molecule has 1 amide bonds. The molecule has 0 saturated heterocycles. The van der Waals surface area contributed by atoms with Gasteiger partial charge in [0.1, 0.15) is 0 Å². The molecule has 0 aliphatic heterocycles.